The summed E-state index contributed by atoms with van der Waals surface area (Å²) in [7, 11) is 0. The Labute approximate surface area is 110 Å². The minimum Gasteiger partial charge on any atom is -0.299 e. The van der Waals surface area contributed by atoms with Gasteiger partial charge < -0.3 is 0 Å². The molecule has 0 saturated carbocycles. The Bertz CT molecular complexity index is 411. The first-order chi connectivity index (χ1) is 8.47. The van der Waals surface area contributed by atoms with Crippen molar-refractivity contribution >= 4 is 11.6 Å². The van der Waals surface area contributed by atoms with Gasteiger partial charge in [-0.25, -0.2) is 0 Å². The van der Waals surface area contributed by atoms with Crippen LogP contribution in [0.5, 0.6) is 0 Å². The second kappa shape index (κ2) is 5.49. The highest BCUT2D eigenvalue weighted by Crippen LogP contribution is 2.35. The molecule has 0 radical (unpaired) electrons. The molecule has 0 unspecified atom stereocenters. The maximum absolute atomic E-state index is 12.5. The maximum Gasteiger partial charge on any atom is 0.417 e. The summed E-state index contributed by atoms with van der Waals surface area (Å²) in [5, 5.41) is -0.211. The molecule has 1 fully saturated rings. The third-order valence-corrected chi connectivity index (χ3v) is 3.51. The van der Waals surface area contributed by atoms with E-state index in [1.165, 1.54) is 18.6 Å². The van der Waals surface area contributed by atoms with Crippen LogP contribution in [0, 0.1) is 0 Å². The molecule has 100 valence electrons. The highest BCUT2D eigenvalue weighted by Gasteiger charge is 2.33. The van der Waals surface area contributed by atoms with E-state index in [1.54, 1.807) is 0 Å². The van der Waals surface area contributed by atoms with Crippen LogP contribution in [0.25, 0.3) is 0 Å². The van der Waals surface area contributed by atoms with E-state index in [0.29, 0.717) is 6.54 Å². The van der Waals surface area contributed by atoms with Gasteiger partial charge in [0.05, 0.1) is 10.6 Å². The largest absolute Gasteiger partial charge is 0.417 e. The Morgan fingerprint density at radius 3 is 2.33 bits per heavy atom. The third-order valence-electron chi connectivity index (χ3n) is 3.19. The SMILES string of the molecule is FC(F)(F)c1ccc(CN2CCCCC2)cc1Cl. The van der Waals surface area contributed by atoms with Crippen LogP contribution in [-0.4, -0.2) is 18.0 Å². The molecule has 0 spiro atoms. The Balaban J connectivity index is 2.08. The van der Waals surface area contributed by atoms with Crippen molar-refractivity contribution in [3.8, 4) is 0 Å². The van der Waals surface area contributed by atoms with E-state index in [4.69, 9.17) is 11.6 Å². The molecular formula is C13H15ClF3N. The van der Waals surface area contributed by atoms with Gasteiger partial charge in [-0.3, -0.25) is 4.90 Å². The number of benzene rings is 1. The van der Waals surface area contributed by atoms with Crippen molar-refractivity contribution in [2.45, 2.75) is 32.0 Å². The highest BCUT2D eigenvalue weighted by atomic mass is 35.5. The van der Waals surface area contributed by atoms with Crippen LogP contribution in [0.3, 0.4) is 0 Å². The second-order valence-electron chi connectivity index (χ2n) is 4.65. The number of likely N-dealkylation sites (tertiary alicyclic amines) is 1. The maximum atomic E-state index is 12.5. The fourth-order valence-electron chi connectivity index (χ4n) is 2.26. The van der Waals surface area contributed by atoms with E-state index in [2.05, 4.69) is 4.90 Å². The van der Waals surface area contributed by atoms with Crippen molar-refractivity contribution < 1.29 is 13.2 Å². The topological polar surface area (TPSA) is 3.24 Å². The van der Waals surface area contributed by atoms with Crippen LogP contribution >= 0.6 is 11.6 Å². The van der Waals surface area contributed by atoms with Crippen LogP contribution in [-0.2, 0) is 12.7 Å². The summed E-state index contributed by atoms with van der Waals surface area (Å²) in [6.07, 6.45) is -0.812. The smallest absolute Gasteiger partial charge is 0.299 e. The number of hydrogen-bond donors (Lipinski definition) is 0. The zero-order valence-electron chi connectivity index (χ0n) is 9.93. The molecule has 0 bridgehead atoms. The molecular weight excluding hydrogens is 263 g/mol. The minimum atomic E-state index is -4.37. The summed E-state index contributed by atoms with van der Waals surface area (Å²) >= 11 is 5.69. The van der Waals surface area contributed by atoms with Gasteiger partial charge in [0.15, 0.2) is 0 Å². The van der Waals surface area contributed by atoms with Gasteiger partial charge >= 0.3 is 6.18 Å². The predicted octanol–water partition coefficient (Wildman–Crippen LogP) is 4.34. The fraction of sp³-hybridized carbons (Fsp3) is 0.538. The molecule has 0 aliphatic carbocycles. The first-order valence-corrected chi connectivity index (χ1v) is 6.42. The Morgan fingerprint density at radius 2 is 1.78 bits per heavy atom. The van der Waals surface area contributed by atoms with Crippen molar-refractivity contribution in [1.29, 1.82) is 0 Å². The molecule has 0 atom stereocenters. The number of hydrogen-bond acceptors (Lipinski definition) is 1. The molecule has 1 aromatic carbocycles. The molecule has 0 N–H and O–H groups in total. The van der Waals surface area contributed by atoms with Crippen LogP contribution < -0.4 is 0 Å². The zero-order valence-corrected chi connectivity index (χ0v) is 10.7. The van der Waals surface area contributed by atoms with Gasteiger partial charge in [-0.2, -0.15) is 13.2 Å². The molecule has 1 saturated heterocycles. The number of halogens is 4. The normalized spacial score (nSPS) is 18.0. The summed E-state index contributed by atoms with van der Waals surface area (Å²) in [6.45, 7) is 2.70. The van der Waals surface area contributed by atoms with E-state index >= 15 is 0 Å². The number of piperidine rings is 1. The van der Waals surface area contributed by atoms with Crippen molar-refractivity contribution in [2.24, 2.45) is 0 Å². The first kappa shape index (κ1) is 13.7. The number of nitrogens with zero attached hydrogens (tertiary/aromatic N) is 1. The number of rotatable bonds is 2. The zero-order chi connectivity index (χ0) is 13.2. The van der Waals surface area contributed by atoms with E-state index in [-0.39, 0.29) is 5.02 Å². The molecule has 0 aromatic heterocycles. The standard InChI is InChI=1S/C13H15ClF3N/c14-12-8-10(4-5-11(12)13(15,16)17)9-18-6-2-1-3-7-18/h4-5,8H,1-3,6-7,9H2. The molecule has 5 heteroatoms. The van der Waals surface area contributed by atoms with Crippen molar-refractivity contribution in [3.63, 3.8) is 0 Å². The highest BCUT2D eigenvalue weighted by molar-refractivity contribution is 6.31. The minimum absolute atomic E-state index is 0.211. The molecule has 1 aliphatic heterocycles. The number of alkyl halides is 3. The van der Waals surface area contributed by atoms with Gasteiger partial charge in [-0.1, -0.05) is 24.1 Å². The third kappa shape index (κ3) is 3.39. The summed E-state index contributed by atoms with van der Waals surface area (Å²) < 4.78 is 37.6. The monoisotopic (exact) mass is 277 g/mol. The van der Waals surface area contributed by atoms with Gasteiger partial charge in [0, 0.05) is 6.54 Å². The summed E-state index contributed by atoms with van der Waals surface area (Å²) in [5.41, 5.74) is 0.0847. The van der Waals surface area contributed by atoms with Gasteiger partial charge in [0.2, 0.25) is 0 Å². The molecule has 1 aromatic rings. The Kier molecular flexibility index (Phi) is 4.17. The van der Waals surface area contributed by atoms with E-state index in [9.17, 15) is 13.2 Å². The van der Waals surface area contributed by atoms with E-state index in [0.717, 1.165) is 37.6 Å². The molecule has 18 heavy (non-hydrogen) atoms. The van der Waals surface area contributed by atoms with Gasteiger partial charge in [-0.15, -0.1) is 0 Å². The van der Waals surface area contributed by atoms with Gasteiger partial charge in [-0.05, 0) is 43.6 Å². The first-order valence-electron chi connectivity index (χ1n) is 6.05. The van der Waals surface area contributed by atoms with Gasteiger partial charge in [0.1, 0.15) is 0 Å². The van der Waals surface area contributed by atoms with Crippen LogP contribution in [0.15, 0.2) is 18.2 Å². The summed E-state index contributed by atoms with van der Waals surface area (Å²) in [4.78, 5) is 2.25. The summed E-state index contributed by atoms with van der Waals surface area (Å²) in [5.74, 6) is 0. The van der Waals surface area contributed by atoms with Crippen molar-refractivity contribution in [2.75, 3.05) is 13.1 Å². The van der Waals surface area contributed by atoms with Crippen molar-refractivity contribution in [1.82, 2.24) is 4.90 Å². The predicted molar refractivity (Wildman–Crippen MR) is 65.6 cm³/mol. The molecule has 1 heterocycles. The van der Waals surface area contributed by atoms with Gasteiger partial charge in [0.25, 0.3) is 0 Å². The van der Waals surface area contributed by atoms with E-state index in [1.807, 2.05) is 0 Å². The average molecular weight is 278 g/mol. The Hall–Kier alpha value is -0.740. The quantitative estimate of drug-likeness (QED) is 0.777. The Morgan fingerprint density at radius 1 is 1.11 bits per heavy atom. The second-order valence-corrected chi connectivity index (χ2v) is 5.06. The lowest BCUT2D eigenvalue weighted by atomic mass is 10.1. The van der Waals surface area contributed by atoms with Crippen molar-refractivity contribution in [3.05, 3.63) is 34.3 Å². The lowest BCUT2D eigenvalue weighted by molar-refractivity contribution is -0.137. The molecule has 2 rings (SSSR count). The average Bonchev–Trinajstić information content (AvgIpc) is 2.28. The lowest BCUT2D eigenvalue weighted by Gasteiger charge is -2.26. The lowest BCUT2D eigenvalue weighted by Crippen LogP contribution is -2.29. The molecule has 1 nitrogen and oxygen atoms in total. The summed E-state index contributed by atoms with van der Waals surface area (Å²) in [6, 6.07) is 4.02. The van der Waals surface area contributed by atoms with Crippen LogP contribution in [0.2, 0.25) is 5.02 Å². The molecule has 1 aliphatic rings. The van der Waals surface area contributed by atoms with E-state index < -0.39 is 11.7 Å². The fourth-order valence-corrected chi connectivity index (χ4v) is 2.57. The van der Waals surface area contributed by atoms with Crippen LogP contribution in [0.4, 0.5) is 13.2 Å². The molecule has 0 amide bonds. The van der Waals surface area contributed by atoms with Crippen LogP contribution in [0.1, 0.15) is 30.4 Å².